The smallest absolute Gasteiger partial charge is 0.308 e. The summed E-state index contributed by atoms with van der Waals surface area (Å²) in [5.74, 6) is -0.127. The molecule has 0 aliphatic rings. The second-order valence-electron chi connectivity index (χ2n) is 7.06. The van der Waals surface area contributed by atoms with Crippen LogP contribution in [0.25, 0.3) is 0 Å². The summed E-state index contributed by atoms with van der Waals surface area (Å²) in [6, 6.07) is 0. The Hall–Kier alpha value is -0.610. The molecular formula is C15H32O4. The first kappa shape index (κ1) is 20.7. The third kappa shape index (κ3) is 11.0. The van der Waals surface area contributed by atoms with Crippen molar-refractivity contribution in [3.8, 4) is 0 Å². The second-order valence-corrected chi connectivity index (χ2v) is 7.06. The summed E-state index contributed by atoms with van der Waals surface area (Å²) < 4.78 is 4.87. The van der Waals surface area contributed by atoms with E-state index in [1.807, 2.05) is 48.5 Å². The van der Waals surface area contributed by atoms with E-state index >= 15 is 0 Å². The minimum Gasteiger partial charge on any atom is -0.463 e. The Labute approximate surface area is 118 Å². The number of rotatable bonds is 3. The molecule has 0 aromatic heterocycles. The first-order chi connectivity index (χ1) is 8.19. The number of esters is 1. The lowest BCUT2D eigenvalue weighted by molar-refractivity contribution is -0.151. The number of hydrogen-bond acceptors (Lipinski definition) is 4. The summed E-state index contributed by atoms with van der Waals surface area (Å²) in [7, 11) is 0. The lowest BCUT2D eigenvalue weighted by Gasteiger charge is -2.34. The lowest BCUT2D eigenvalue weighted by Crippen LogP contribution is -2.44. The highest BCUT2D eigenvalue weighted by atomic mass is 16.5. The maximum atomic E-state index is 10.7. The summed E-state index contributed by atoms with van der Waals surface area (Å²) >= 11 is 0. The Morgan fingerprint density at radius 3 is 1.42 bits per heavy atom. The maximum absolute atomic E-state index is 10.7. The molecule has 0 saturated heterocycles. The quantitative estimate of drug-likeness (QED) is 0.778. The van der Waals surface area contributed by atoms with Crippen LogP contribution in [-0.2, 0) is 9.53 Å². The van der Waals surface area contributed by atoms with E-state index in [-0.39, 0.29) is 23.4 Å². The Kier molecular flexibility index (Phi) is 8.56. The second kappa shape index (κ2) is 7.85. The molecule has 4 heteroatoms. The molecule has 0 spiro atoms. The fraction of sp³-hybridized carbons (Fsp3) is 0.933. The first-order valence-corrected chi connectivity index (χ1v) is 6.80. The van der Waals surface area contributed by atoms with Crippen LogP contribution in [0.15, 0.2) is 0 Å². The van der Waals surface area contributed by atoms with E-state index in [2.05, 4.69) is 0 Å². The van der Waals surface area contributed by atoms with Gasteiger partial charge in [-0.25, -0.2) is 0 Å². The molecule has 0 fully saturated rings. The van der Waals surface area contributed by atoms with Crippen LogP contribution in [0.3, 0.4) is 0 Å². The molecule has 0 aliphatic carbocycles. The summed E-state index contributed by atoms with van der Waals surface area (Å²) in [5, 5.41) is 18.8. The molecule has 0 rings (SSSR count). The Morgan fingerprint density at radius 1 is 1.00 bits per heavy atom. The van der Waals surface area contributed by atoms with Crippen molar-refractivity contribution < 1.29 is 19.7 Å². The van der Waals surface area contributed by atoms with Crippen LogP contribution in [0.1, 0.15) is 62.3 Å². The van der Waals surface area contributed by atoms with Gasteiger partial charge in [0.15, 0.2) is 0 Å². The van der Waals surface area contributed by atoms with Gasteiger partial charge in [-0.3, -0.25) is 4.79 Å². The topological polar surface area (TPSA) is 66.8 Å². The zero-order valence-corrected chi connectivity index (χ0v) is 13.9. The molecule has 19 heavy (non-hydrogen) atoms. The SMILES string of the molecule is CC(C)(C)C(O)C(C)(C)O.CC(C)OC(=O)C(C)C. The lowest BCUT2D eigenvalue weighted by atomic mass is 9.80. The number of aliphatic hydroxyl groups excluding tert-OH is 1. The summed E-state index contributed by atoms with van der Waals surface area (Å²) in [6.07, 6.45) is -0.667. The molecule has 4 nitrogen and oxygen atoms in total. The summed E-state index contributed by atoms with van der Waals surface area (Å²) in [5.41, 5.74) is -1.25. The third-order valence-electron chi connectivity index (χ3n) is 2.31. The van der Waals surface area contributed by atoms with Gasteiger partial charge >= 0.3 is 5.97 Å². The van der Waals surface area contributed by atoms with E-state index in [0.717, 1.165) is 0 Å². The van der Waals surface area contributed by atoms with Gasteiger partial charge in [-0.15, -0.1) is 0 Å². The van der Waals surface area contributed by atoms with Gasteiger partial charge < -0.3 is 14.9 Å². The Morgan fingerprint density at radius 2 is 1.37 bits per heavy atom. The van der Waals surface area contributed by atoms with Crippen molar-refractivity contribution in [1.82, 2.24) is 0 Å². The highest BCUT2D eigenvalue weighted by Gasteiger charge is 2.34. The zero-order chi connectivity index (χ0) is 16.0. The number of aliphatic hydroxyl groups is 2. The van der Waals surface area contributed by atoms with Crippen LogP contribution in [0.5, 0.6) is 0 Å². The van der Waals surface area contributed by atoms with Gasteiger partial charge in [-0.2, -0.15) is 0 Å². The molecule has 2 N–H and O–H groups in total. The highest BCUT2D eigenvalue weighted by molar-refractivity contribution is 5.71. The number of carbonyl (C=O) groups is 1. The van der Waals surface area contributed by atoms with Crippen LogP contribution in [-0.4, -0.2) is 34.0 Å². The summed E-state index contributed by atoms with van der Waals surface area (Å²) in [4.78, 5) is 10.7. The predicted octanol–water partition coefficient (Wildman–Crippen LogP) is 2.76. The molecular weight excluding hydrogens is 244 g/mol. The fourth-order valence-corrected chi connectivity index (χ4v) is 1.43. The molecule has 1 unspecified atom stereocenters. The minimum atomic E-state index is -1.00. The molecule has 0 heterocycles. The van der Waals surface area contributed by atoms with Crippen molar-refractivity contribution in [3.05, 3.63) is 0 Å². The minimum absolute atomic E-state index is 0.00704. The summed E-state index contributed by atoms with van der Waals surface area (Å²) in [6.45, 7) is 16.3. The van der Waals surface area contributed by atoms with Gasteiger partial charge in [0.1, 0.15) is 0 Å². The number of ether oxygens (including phenoxy) is 1. The molecule has 0 aromatic rings. The fourth-order valence-electron chi connectivity index (χ4n) is 1.43. The molecule has 0 radical (unpaired) electrons. The van der Waals surface area contributed by atoms with E-state index in [4.69, 9.17) is 4.74 Å². The molecule has 0 aromatic carbocycles. The molecule has 116 valence electrons. The maximum Gasteiger partial charge on any atom is 0.308 e. The molecule has 0 aliphatic heterocycles. The van der Waals surface area contributed by atoms with Gasteiger partial charge in [0, 0.05) is 0 Å². The first-order valence-electron chi connectivity index (χ1n) is 6.80. The van der Waals surface area contributed by atoms with Crippen molar-refractivity contribution in [2.45, 2.75) is 80.1 Å². The third-order valence-corrected chi connectivity index (χ3v) is 2.31. The van der Waals surface area contributed by atoms with Gasteiger partial charge in [0.25, 0.3) is 0 Å². The van der Waals surface area contributed by atoms with Crippen molar-refractivity contribution in [3.63, 3.8) is 0 Å². The van der Waals surface area contributed by atoms with E-state index in [9.17, 15) is 15.0 Å². The van der Waals surface area contributed by atoms with Crippen LogP contribution in [0.2, 0.25) is 0 Å². The average molecular weight is 276 g/mol. The van der Waals surface area contributed by atoms with E-state index in [1.165, 1.54) is 0 Å². The van der Waals surface area contributed by atoms with Crippen molar-refractivity contribution >= 4 is 5.97 Å². The number of hydrogen-bond donors (Lipinski definition) is 2. The standard InChI is InChI=1S/C8H18O2.C7H14O2/c1-7(2,3)6(9)8(4,5)10;1-5(2)7(8)9-6(3)4/h6,9-10H,1-5H3;5-6H,1-4H3. The van der Waals surface area contributed by atoms with Crippen LogP contribution < -0.4 is 0 Å². The highest BCUT2D eigenvalue weighted by Crippen LogP contribution is 2.27. The van der Waals surface area contributed by atoms with E-state index in [0.29, 0.717) is 0 Å². The van der Waals surface area contributed by atoms with Crippen molar-refractivity contribution in [1.29, 1.82) is 0 Å². The van der Waals surface area contributed by atoms with Gasteiger partial charge in [-0.1, -0.05) is 34.6 Å². The Balaban J connectivity index is 0. The monoisotopic (exact) mass is 276 g/mol. The van der Waals surface area contributed by atoms with E-state index < -0.39 is 11.7 Å². The molecule has 0 bridgehead atoms. The molecule has 0 saturated carbocycles. The van der Waals surface area contributed by atoms with Crippen molar-refractivity contribution in [2.75, 3.05) is 0 Å². The predicted molar refractivity (Wildman–Crippen MR) is 77.8 cm³/mol. The Bertz CT molecular complexity index is 242. The zero-order valence-electron chi connectivity index (χ0n) is 13.9. The van der Waals surface area contributed by atoms with Gasteiger partial charge in [0.05, 0.1) is 23.7 Å². The molecule has 1 atom stereocenters. The van der Waals surface area contributed by atoms with Crippen LogP contribution >= 0.6 is 0 Å². The molecule has 0 amide bonds. The van der Waals surface area contributed by atoms with Crippen molar-refractivity contribution in [2.24, 2.45) is 11.3 Å². The normalized spacial score (nSPS) is 13.9. The average Bonchev–Trinajstić information content (AvgIpc) is 2.13. The van der Waals surface area contributed by atoms with E-state index in [1.54, 1.807) is 13.8 Å². The van der Waals surface area contributed by atoms with Gasteiger partial charge in [0.2, 0.25) is 0 Å². The largest absolute Gasteiger partial charge is 0.463 e. The van der Waals surface area contributed by atoms with Gasteiger partial charge in [-0.05, 0) is 33.1 Å². The van der Waals surface area contributed by atoms with Crippen LogP contribution in [0.4, 0.5) is 0 Å². The van der Waals surface area contributed by atoms with Crippen LogP contribution in [0, 0.1) is 11.3 Å². The number of carbonyl (C=O) groups excluding carboxylic acids is 1.